The van der Waals surface area contributed by atoms with E-state index in [2.05, 4.69) is 10.3 Å². The second kappa shape index (κ2) is 8.78. The minimum Gasteiger partial charge on any atom is -0.364 e. The molecular formula is C16H19Cl2N3O2S. The number of nitrogens with two attached hydrogens (primary N) is 1. The largest absolute Gasteiger partial charge is 0.364 e. The smallest absolute Gasteiger partial charge is 0.255 e. The van der Waals surface area contributed by atoms with Crippen molar-refractivity contribution in [2.24, 2.45) is 5.73 Å². The van der Waals surface area contributed by atoms with Crippen molar-refractivity contribution in [1.29, 1.82) is 0 Å². The summed E-state index contributed by atoms with van der Waals surface area (Å²) in [5, 5.41) is 4.13. The van der Waals surface area contributed by atoms with E-state index >= 15 is 0 Å². The first kappa shape index (κ1) is 19.1. The highest BCUT2D eigenvalue weighted by atomic mass is 35.5. The van der Waals surface area contributed by atoms with E-state index in [1.165, 1.54) is 11.3 Å². The Morgan fingerprint density at radius 1 is 1.46 bits per heavy atom. The summed E-state index contributed by atoms with van der Waals surface area (Å²) in [6, 6.07) is 7.72. The summed E-state index contributed by atoms with van der Waals surface area (Å²) in [4.78, 5) is 17.5. The highest BCUT2D eigenvalue weighted by molar-refractivity contribution is 7.15. The molecule has 3 rings (SSSR count). The van der Waals surface area contributed by atoms with Crippen LogP contribution in [-0.4, -0.2) is 29.6 Å². The molecule has 0 radical (unpaired) electrons. The second-order valence-corrected chi connectivity index (χ2v) is 7.04. The first-order chi connectivity index (χ1) is 11.1. The van der Waals surface area contributed by atoms with Crippen molar-refractivity contribution in [2.45, 2.75) is 31.5 Å². The molecule has 5 nitrogen and oxygen atoms in total. The van der Waals surface area contributed by atoms with Crippen LogP contribution >= 0.6 is 35.3 Å². The number of nitrogens with one attached hydrogen (secondary N) is 1. The zero-order valence-electron chi connectivity index (χ0n) is 12.9. The second-order valence-electron chi connectivity index (χ2n) is 5.49. The van der Waals surface area contributed by atoms with Gasteiger partial charge in [0.25, 0.3) is 5.91 Å². The Morgan fingerprint density at radius 2 is 2.29 bits per heavy atom. The lowest BCUT2D eigenvalue weighted by Gasteiger charge is -2.11. The first-order valence-electron chi connectivity index (χ1n) is 7.49. The number of nitrogens with zero attached hydrogens (tertiary/aromatic N) is 1. The highest BCUT2D eigenvalue weighted by Gasteiger charge is 2.30. The number of anilines is 1. The number of thiazole rings is 1. The fourth-order valence-electron chi connectivity index (χ4n) is 2.55. The molecule has 0 unspecified atom stereocenters. The summed E-state index contributed by atoms with van der Waals surface area (Å²) in [5.74, 6) is -0.149. The quantitative estimate of drug-likeness (QED) is 0.824. The van der Waals surface area contributed by atoms with Crippen molar-refractivity contribution < 1.29 is 9.53 Å². The Hall–Kier alpha value is -1.18. The predicted octanol–water partition coefficient (Wildman–Crippen LogP) is 3.25. The first-order valence-corrected chi connectivity index (χ1v) is 8.69. The fraction of sp³-hybridized carbons (Fsp3) is 0.375. The number of hydrogen-bond acceptors (Lipinski definition) is 5. The molecule has 1 saturated heterocycles. The van der Waals surface area contributed by atoms with Crippen molar-refractivity contribution in [3.63, 3.8) is 0 Å². The van der Waals surface area contributed by atoms with Gasteiger partial charge < -0.3 is 10.5 Å². The van der Waals surface area contributed by atoms with E-state index in [0.29, 0.717) is 23.1 Å². The average molecular weight is 388 g/mol. The van der Waals surface area contributed by atoms with E-state index in [1.54, 1.807) is 6.20 Å². The molecule has 1 fully saturated rings. The number of ether oxygens (including phenoxy) is 1. The predicted molar refractivity (Wildman–Crippen MR) is 99.2 cm³/mol. The summed E-state index contributed by atoms with van der Waals surface area (Å²) >= 11 is 7.45. The van der Waals surface area contributed by atoms with Gasteiger partial charge in [0, 0.05) is 29.1 Å². The van der Waals surface area contributed by atoms with Crippen molar-refractivity contribution in [1.82, 2.24) is 4.98 Å². The van der Waals surface area contributed by atoms with E-state index in [4.69, 9.17) is 22.1 Å². The van der Waals surface area contributed by atoms with Gasteiger partial charge in [0.1, 0.15) is 6.10 Å². The Bertz CT molecular complexity index is 695. The van der Waals surface area contributed by atoms with Gasteiger partial charge in [-0.05, 0) is 30.5 Å². The van der Waals surface area contributed by atoms with E-state index < -0.39 is 6.10 Å². The fourth-order valence-corrected chi connectivity index (χ4v) is 3.62. The number of aromatic nitrogens is 1. The molecule has 1 aromatic carbocycles. The number of rotatable bonds is 5. The lowest BCUT2D eigenvalue weighted by atomic mass is 10.1. The number of halogens is 2. The van der Waals surface area contributed by atoms with Crippen molar-refractivity contribution in [2.75, 3.05) is 11.9 Å². The van der Waals surface area contributed by atoms with Crippen LogP contribution in [0.25, 0.3) is 0 Å². The van der Waals surface area contributed by atoms with Crippen LogP contribution in [0.4, 0.5) is 5.13 Å². The summed E-state index contributed by atoms with van der Waals surface area (Å²) in [5.41, 5.74) is 6.67. The minimum atomic E-state index is -0.427. The van der Waals surface area contributed by atoms with Gasteiger partial charge >= 0.3 is 0 Å². The van der Waals surface area contributed by atoms with Crippen LogP contribution in [0.1, 0.15) is 23.3 Å². The van der Waals surface area contributed by atoms with E-state index in [1.807, 2.05) is 24.3 Å². The Kier molecular flexibility index (Phi) is 7.01. The number of benzene rings is 1. The normalized spacial score (nSPS) is 19.8. The summed E-state index contributed by atoms with van der Waals surface area (Å²) < 4.78 is 5.59. The van der Waals surface area contributed by atoms with Crippen molar-refractivity contribution in [3.05, 3.63) is 45.9 Å². The van der Waals surface area contributed by atoms with Crippen LogP contribution in [0.5, 0.6) is 0 Å². The number of carbonyl (C=O) groups excluding carboxylic acids is 1. The molecule has 2 heterocycles. The molecular weight excluding hydrogens is 369 g/mol. The monoisotopic (exact) mass is 387 g/mol. The van der Waals surface area contributed by atoms with Crippen LogP contribution in [-0.2, 0) is 16.0 Å². The molecule has 0 saturated carbocycles. The average Bonchev–Trinajstić information content (AvgIpc) is 3.16. The molecule has 1 amide bonds. The molecule has 8 heteroatoms. The molecule has 2 aromatic rings. The van der Waals surface area contributed by atoms with Crippen LogP contribution < -0.4 is 11.1 Å². The molecule has 0 spiro atoms. The summed E-state index contributed by atoms with van der Waals surface area (Å²) in [7, 11) is 0. The van der Waals surface area contributed by atoms with Gasteiger partial charge in [-0.15, -0.1) is 23.7 Å². The van der Waals surface area contributed by atoms with Crippen molar-refractivity contribution >= 4 is 46.4 Å². The topological polar surface area (TPSA) is 77.2 Å². The molecule has 0 bridgehead atoms. The van der Waals surface area contributed by atoms with E-state index in [-0.39, 0.29) is 24.4 Å². The lowest BCUT2D eigenvalue weighted by Crippen LogP contribution is -2.29. The molecule has 0 aliphatic carbocycles. The van der Waals surface area contributed by atoms with Gasteiger partial charge in [0.15, 0.2) is 5.13 Å². The molecule has 1 aliphatic heterocycles. The Balaban J connectivity index is 0.00000208. The van der Waals surface area contributed by atoms with Gasteiger partial charge in [-0.3, -0.25) is 10.1 Å². The van der Waals surface area contributed by atoms with Gasteiger partial charge in [0.05, 0.1) is 6.10 Å². The lowest BCUT2D eigenvalue weighted by molar-refractivity contribution is -0.126. The Morgan fingerprint density at radius 3 is 3.00 bits per heavy atom. The third kappa shape index (κ3) is 4.91. The molecule has 1 aromatic heterocycles. The van der Waals surface area contributed by atoms with Crippen LogP contribution in [0.2, 0.25) is 5.02 Å². The van der Waals surface area contributed by atoms with Crippen LogP contribution in [0.15, 0.2) is 30.5 Å². The van der Waals surface area contributed by atoms with E-state index in [0.717, 1.165) is 23.3 Å². The number of hydrogen-bond donors (Lipinski definition) is 2. The zero-order chi connectivity index (χ0) is 16.2. The van der Waals surface area contributed by atoms with Gasteiger partial charge in [-0.2, -0.15) is 0 Å². The molecule has 2 atom stereocenters. The zero-order valence-corrected chi connectivity index (χ0v) is 15.3. The number of carbonyl (C=O) groups is 1. The van der Waals surface area contributed by atoms with Gasteiger partial charge in [0.2, 0.25) is 0 Å². The summed E-state index contributed by atoms with van der Waals surface area (Å²) in [6.45, 7) is 0.449. The molecule has 3 N–H and O–H groups in total. The van der Waals surface area contributed by atoms with Crippen LogP contribution in [0, 0.1) is 0 Å². The van der Waals surface area contributed by atoms with Gasteiger partial charge in [-0.25, -0.2) is 4.98 Å². The van der Waals surface area contributed by atoms with Crippen LogP contribution in [0.3, 0.4) is 0 Å². The summed E-state index contributed by atoms with van der Waals surface area (Å²) in [6.07, 6.45) is 3.60. The molecule has 130 valence electrons. The third-order valence-corrected chi connectivity index (χ3v) is 4.86. The molecule has 1 aliphatic rings. The maximum Gasteiger partial charge on any atom is 0.255 e. The van der Waals surface area contributed by atoms with Gasteiger partial charge in [-0.1, -0.05) is 23.7 Å². The minimum absolute atomic E-state index is 0. The maximum atomic E-state index is 12.2. The highest BCUT2D eigenvalue weighted by Crippen LogP contribution is 2.24. The SMILES string of the molecule is Cl.NC[C@H]1CC[C@@H](C(=O)Nc2ncc(Cc3cccc(Cl)c3)s2)O1. The maximum absolute atomic E-state index is 12.2. The van der Waals surface area contributed by atoms with E-state index in [9.17, 15) is 4.79 Å². The molecule has 24 heavy (non-hydrogen) atoms. The standard InChI is InChI=1S/C16H18ClN3O2S.ClH/c17-11-3-1-2-10(6-11)7-13-9-19-16(23-13)20-15(21)14-5-4-12(8-18)22-14;/h1-3,6,9,12,14H,4-5,7-8,18H2,(H,19,20,21);1H/t12-,14+;/m1./s1. The van der Waals surface area contributed by atoms with Crippen molar-refractivity contribution in [3.8, 4) is 0 Å². The number of amides is 1. The Labute approximate surface area is 156 Å². The third-order valence-electron chi connectivity index (χ3n) is 3.71.